The zero-order valence-electron chi connectivity index (χ0n) is 13.9. The molecule has 124 valence electrons. The number of amides is 2. The van der Waals surface area contributed by atoms with E-state index in [-0.39, 0.29) is 17.5 Å². The number of carbonyl (C=O) groups is 2. The average Bonchev–Trinajstić information content (AvgIpc) is 2.98. The number of hydrogen-bond donors (Lipinski definition) is 1. The monoisotopic (exact) mass is 309 g/mol. The summed E-state index contributed by atoms with van der Waals surface area (Å²) >= 11 is 0. The molecule has 6 nitrogen and oxygen atoms in total. The molecule has 1 rings (SSSR count). The van der Waals surface area contributed by atoms with Gasteiger partial charge in [-0.1, -0.05) is 27.2 Å². The molecule has 1 N–H and O–H groups in total. The second-order valence-electron chi connectivity index (χ2n) is 5.30. The highest BCUT2D eigenvalue weighted by Crippen LogP contribution is 2.09. The maximum absolute atomic E-state index is 12.2. The van der Waals surface area contributed by atoms with Gasteiger partial charge in [0.25, 0.3) is 5.91 Å². The molecular formula is C16H27N3O3. The van der Waals surface area contributed by atoms with Gasteiger partial charge in [-0.15, -0.1) is 0 Å². The molecule has 0 atom stereocenters. The fourth-order valence-corrected chi connectivity index (χ4v) is 2.03. The molecule has 1 heterocycles. The molecule has 0 fully saturated rings. The van der Waals surface area contributed by atoms with E-state index in [9.17, 15) is 9.59 Å². The van der Waals surface area contributed by atoms with Gasteiger partial charge < -0.3 is 14.6 Å². The Kier molecular flexibility index (Phi) is 8.25. The first-order valence-electron chi connectivity index (χ1n) is 8.12. The Morgan fingerprint density at radius 1 is 1.23 bits per heavy atom. The molecule has 0 saturated heterocycles. The molecule has 0 aromatic carbocycles. The normalized spacial score (nSPS) is 10.5. The van der Waals surface area contributed by atoms with Gasteiger partial charge in [0.05, 0.1) is 6.54 Å². The molecule has 0 bridgehead atoms. The van der Waals surface area contributed by atoms with Crippen molar-refractivity contribution in [3.05, 3.63) is 17.8 Å². The molecule has 0 radical (unpaired) electrons. The Bertz CT molecular complexity index is 471. The highest BCUT2D eigenvalue weighted by atomic mass is 16.3. The summed E-state index contributed by atoms with van der Waals surface area (Å²) in [5, 5.41) is 2.75. The molecular weight excluding hydrogens is 282 g/mol. The lowest BCUT2D eigenvalue weighted by Crippen LogP contribution is -2.31. The van der Waals surface area contributed by atoms with Gasteiger partial charge in [-0.25, -0.2) is 4.98 Å². The van der Waals surface area contributed by atoms with Crippen LogP contribution in [0.5, 0.6) is 0 Å². The number of unbranched alkanes of at least 4 members (excludes halogenated alkanes) is 1. The third-order valence-corrected chi connectivity index (χ3v) is 3.24. The summed E-state index contributed by atoms with van der Waals surface area (Å²) in [6.07, 6.45) is 5.51. The van der Waals surface area contributed by atoms with Gasteiger partial charge in [-0.2, -0.15) is 0 Å². The molecule has 6 heteroatoms. The summed E-state index contributed by atoms with van der Waals surface area (Å²) in [5.41, 5.74) is 0.265. The average molecular weight is 309 g/mol. The second-order valence-corrected chi connectivity index (χ2v) is 5.30. The van der Waals surface area contributed by atoms with Crippen molar-refractivity contribution in [2.24, 2.45) is 0 Å². The van der Waals surface area contributed by atoms with Crippen molar-refractivity contribution in [3.8, 4) is 0 Å². The first-order chi connectivity index (χ1) is 10.6. The Morgan fingerprint density at radius 3 is 2.64 bits per heavy atom. The standard InChI is InChI=1S/C16H27N3O3/c1-4-7-8-15(20)19(10-6-3)11-14-18-13(12-22-14)16(21)17-9-5-2/h12H,4-11H2,1-3H3,(H,17,21). The minimum Gasteiger partial charge on any atom is -0.446 e. The molecule has 0 aliphatic heterocycles. The van der Waals surface area contributed by atoms with Crippen molar-refractivity contribution < 1.29 is 14.0 Å². The van der Waals surface area contributed by atoms with Crippen molar-refractivity contribution in [2.45, 2.75) is 59.4 Å². The largest absolute Gasteiger partial charge is 0.446 e. The summed E-state index contributed by atoms with van der Waals surface area (Å²) in [7, 11) is 0. The number of aromatic nitrogens is 1. The van der Waals surface area contributed by atoms with Crippen LogP contribution in [0.25, 0.3) is 0 Å². The van der Waals surface area contributed by atoms with E-state index in [0.717, 1.165) is 25.7 Å². The minimum atomic E-state index is -0.240. The minimum absolute atomic E-state index is 0.110. The quantitative estimate of drug-likeness (QED) is 0.721. The number of hydrogen-bond acceptors (Lipinski definition) is 4. The van der Waals surface area contributed by atoms with Gasteiger partial charge in [0.15, 0.2) is 5.69 Å². The van der Waals surface area contributed by atoms with Crippen LogP contribution < -0.4 is 5.32 Å². The highest BCUT2D eigenvalue weighted by Gasteiger charge is 2.17. The predicted octanol–water partition coefficient (Wildman–Crippen LogP) is 2.74. The van der Waals surface area contributed by atoms with E-state index in [1.807, 2.05) is 13.8 Å². The van der Waals surface area contributed by atoms with E-state index >= 15 is 0 Å². The van der Waals surface area contributed by atoms with Crippen molar-refractivity contribution >= 4 is 11.8 Å². The van der Waals surface area contributed by atoms with Crippen LogP contribution in [0.4, 0.5) is 0 Å². The van der Waals surface area contributed by atoms with Gasteiger partial charge in [-0.3, -0.25) is 9.59 Å². The lowest BCUT2D eigenvalue weighted by Gasteiger charge is -2.20. The Balaban J connectivity index is 2.64. The fourth-order valence-electron chi connectivity index (χ4n) is 2.03. The van der Waals surface area contributed by atoms with Crippen molar-refractivity contribution in [3.63, 3.8) is 0 Å². The first-order valence-corrected chi connectivity index (χ1v) is 8.12. The summed E-state index contributed by atoms with van der Waals surface area (Å²) < 4.78 is 5.33. The van der Waals surface area contributed by atoms with Crippen molar-refractivity contribution in [2.75, 3.05) is 13.1 Å². The van der Waals surface area contributed by atoms with Gasteiger partial charge in [0.2, 0.25) is 11.8 Å². The van der Waals surface area contributed by atoms with Crippen LogP contribution in [0.1, 0.15) is 69.3 Å². The van der Waals surface area contributed by atoms with Crippen LogP contribution in [0.3, 0.4) is 0 Å². The predicted molar refractivity (Wildman–Crippen MR) is 84.4 cm³/mol. The number of nitrogens with zero attached hydrogens (tertiary/aromatic N) is 2. The molecule has 1 aromatic rings. The lowest BCUT2D eigenvalue weighted by molar-refractivity contribution is -0.132. The van der Waals surface area contributed by atoms with Crippen molar-refractivity contribution in [1.29, 1.82) is 0 Å². The molecule has 0 aliphatic rings. The number of nitrogens with one attached hydrogen (secondary N) is 1. The van der Waals surface area contributed by atoms with Crippen LogP contribution in [0, 0.1) is 0 Å². The third-order valence-electron chi connectivity index (χ3n) is 3.24. The second kappa shape index (κ2) is 9.97. The van der Waals surface area contributed by atoms with E-state index in [0.29, 0.717) is 31.9 Å². The topological polar surface area (TPSA) is 75.4 Å². The smallest absolute Gasteiger partial charge is 0.273 e. The Morgan fingerprint density at radius 2 is 2.00 bits per heavy atom. The van der Waals surface area contributed by atoms with E-state index < -0.39 is 0 Å². The zero-order valence-corrected chi connectivity index (χ0v) is 13.9. The Labute approximate surface area is 132 Å². The van der Waals surface area contributed by atoms with Crippen LogP contribution in [0.15, 0.2) is 10.7 Å². The first kappa shape index (κ1) is 18.2. The molecule has 22 heavy (non-hydrogen) atoms. The third kappa shape index (κ3) is 5.87. The fraction of sp³-hybridized carbons (Fsp3) is 0.688. The number of rotatable bonds is 10. The summed E-state index contributed by atoms with van der Waals surface area (Å²) in [6.45, 7) is 7.67. The van der Waals surface area contributed by atoms with Gasteiger partial charge in [-0.05, 0) is 19.3 Å². The van der Waals surface area contributed by atoms with E-state index in [1.165, 1.54) is 6.26 Å². The molecule has 0 spiro atoms. The summed E-state index contributed by atoms with van der Waals surface area (Å²) in [5.74, 6) is 0.273. The molecule has 2 amide bonds. The molecule has 1 aromatic heterocycles. The van der Waals surface area contributed by atoms with Crippen LogP contribution >= 0.6 is 0 Å². The van der Waals surface area contributed by atoms with Crippen LogP contribution in [0.2, 0.25) is 0 Å². The maximum Gasteiger partial charge on any atom is 0.273 e. The SMILES string of the molecule is CCCCC(=O)N(CCC)Cc1nc(C(=O)NCCC)co1. The number of carbonyl (C=O) groups excluding carboxylic acids is 2. The molecule has 0 unspecified atom stereocenters. The maximum atomic E-state index is 12.2. The van der Waals surface area contributed by atoms with E-state index in [4.69, 9.17) is 4.42 Å². The Hall–Kier alpha value is -1.85. The van der Waals surface area contributed by atoms with Gasteiger partial charge in [0, 0.05) is 19.5 Å². The lowest BCUT2D eigenvalue weighted by atomic mass is 10.2. The zero-order chi connectivity index (χ0) is 16.4. The highest BCUT2D eigenvalue weighted by molar-refractivity contribution is 5.91. The van der Waals surface area contributed by atoms with Gasteiger partial charge in [0.1, 0.15) is 6.26 Å². The van der Waals surface area contributed by atoms with Crippen molar-refractivity contribution in [1.82, 2.24) is 15.2 Å². The van der Waals surface area contributed by atoms with Crippen LogP contribution in [-0.4, -0.2) is 34.8 Å². The number of oxazole rings is 1. The molecule has 0 aliphatic carbocycles. The molecule has 0 saturated carbocycles. The van der Waals surface area contributed by atoms with E-state index in [1.54, 1.807) is 4.90 Å². The van der Waals surface area contributed by atoms with Gasteiger partial charge >= 0.3 is 0 Å². The summed E-state index contributed by atoms with van der Waals surface area (Å²) in [4.78, 5) is 29.9. The van der Waals surface area contributed by atoms with E-state index in [2.05, 4.69) is 17.2 Å². The van der Waals surface area contributed by atoms with Crippen LogP contribution in [-0.2, 0) is 11.3 Å². The summed E-state index contributed by atoms with van der Waals surface area (Å²) in [6, 6.07) is 0.